The second-order valence-electron chi connectivity index (χ2n) is 11.4. The first-order chi connectivity index (χ1) is 15.3. The Morgan fingerprint density at radius 2 is 1.78 bits per heavy atom. The second kappa shape index (κ2) is 8.45. The molecule has 0 radical (unpaired) electrons. The fourth-order valence-corrected chi connectivity index (χ4v) is 8.44. The van der Waals surface area contributed by atoms with Crippen LogP contribution in [0.2, 0.25) is 0 Å². The van der Waals surface area contributed by atoms with Gasteiger partial charge in [0.25, 0.3) is 0 Å². The first kappa shape index (κ1) is 22.4. The Morgan fingerprint density at radius 1 is 1.03 bits per heavy atom. The van der Waals surface area contributed by atoms with Crippen LogP contribution in [0.1, 0.15) is 78.6 Å². The Bertz CT molecular complexity index is 899. The Hall–Kier alpha value is -1.36. The topological polar surface area (TPSA) is 50.7 Å². The van der Waals surface area contributed by atoms with Gasteiger partial charge in [-0.05, 0) is 111 Å². The number of hydrogen-bond donors (Lipinski definition) is 1. The summed E-state index contributed by atoms with van der Waals surface area (Å²) >= 11 is 3.49. The molecule has 174 valence electrons. The van der Waals surface area contributed by atoms with Crippen LogP contribution in [-0.4, -0.2) is 17.8 Å². The molecule has 7 atom stereocenters. The van der Waals surface area contributed by atoms with E-state index in [0.717, 1.165) is 53.1 Å². The Kier molecular flexibility index (Phi) is 5.92. The molecule has 4 aliphatic carbocycles. The molecule has 4 fully saturated rings. The van der Waals surface area contributed by atoms with Gasteiger partial charge in [0.05, 0.1) is 5.69 Å². The standard InChI is InChI=1S/C27H37BrN2O2/c1-17(31)32-25-11-10-23-22-9-4-18-16-21(30-29-20-7-5-19(28)6-8-20)12-14-26(18,2)24(22)13-15-27(23,25)3/h5-8,18,22-25,29H,4,9-16H2,1-3H3/b30-21+. The number of anilines is 1. The van der Waals surface area contributed by atoms with Crippen LogP contribution in [0.25, 0.3) is 0 Å². The third kappa shape index (κ3) is 3.82. The van der Waals surface area contributed by atoms with Gasteiger partial charge in [0.2, 0.25) is 0 Å². The zero-order chi connectivity index (χ0) is 22.5. The van der Waals surface area contributed by atoms with E-state index in [2.05, 4.69) is 47.3 Å². The maximum atomic E-state index is 11.7. The molecule has 7 unspecified atom stereocenters. The molecule has 4 saturated carbocycles. The van der Waals surface area contributed by atoms with Gasteiger partial charge in [-0.2, -0.15) is 5.10 Å². The van der Waals surface area contributed by atoms with Crippen molar-refractivity contribution in [1.29, 1.82) is 0 Å². The number of carbonyl (C=O) groups is 1. The average Bonchev–Trinajstić information content (AvgIpc) is 3.09. The molecule has 5 rings (SSSR count). The lowest BCUT2D eigenvalue weighted by molar-refractivity contribution is -0.160. The first-order valence-electron chi connectivity index (χ1n) is 12.5. The lowest BCUT2D eigenvalue weighted by Crippen LogP contribution is -2.54. The highest BCUT2D eigenvalue weighted by Crippen LogP contribution is 2.66. The number of ether oxygens (including phenoxy) is 1. The third-order valence-corrected chi connectivity index (χ3v) is 10.4. The van der Waals surface area contributed by atoms with Gasteiger partial charge in [-0.15, -0.1) is 0 Å². The number of fused-ring (bicyclic) bond motifs is 5. The number of hydrazone groups is 1. The molecular formula is C27H37BrN2O2. The van der Waals surface area contributed by atoms with Crippen molar-refractivity contribution in [1.82, 2.24) is 0 Å². The fraction of sp³-hybridized carbons (Fsp3) is 0.704. The van der Waals surface area contributed by atoms with E-state index in [0.29, 0.717) is 5.41 Å². The molecule has 1 aromatic carbocycles. The van der Waals surface area contributed by atoms with Crippen molar-refractivity contribution in [3.63, 3.8) is 0 Å². The zero-order valence-corrected chi connectivity index (χ0v) is 21.3. The molecule has 4 nitrogen and oxygen atoms in total. The lowest BCUT2D eigenvalue weighted by Gasteiger charge is -2.60. The summed E-state index contributed by atoms with van der Waals surface area (Å²) in [6.45, 7) is 6.58. The lowest BCUT2D eigenvalue weighted by atomic mass is 9.45. The van der Waals surface area contributed by atoms with E-state index in [4.69, 9.17) is 9.84 Å². The Morgan fingerprint density at radius 3 is 2.53 bits per heavy atom. The monoisotopic (exact) mass is 500 g/mol. The molecule has 1 aromatic rings. The highest BCUT2D eigenvalue weighted by Gasteiger charge is 2.60. The van der Waals surface area contributed by atoms with Crippen LogP contribution in [0.3, 0.4) is 0 Å². The van der Waals surface area contributed by atoms with E-state index >= 15 is 0 Å². The van der Waals surface area contributed by atoms with E-state index in [1.807, 2.05) is 12.1 Å². The summed E-state index contributed by atoms with van der Waals surface area (Å²) in [5.74, 6) is 2.98. The molecule has 32 heavy (non-hydrogen) atoms. The van der Waals surface area contributed by atoms with Crippen LogP contribution in [0.15, 0.2) is 33.8 Å². The number of rotatable bonds is 3. The molecule has 4 aliphatic rings. The van der Waals surface area contributed by atoms with E-state index < -0.39 is 0 Å². The predicted molar refractivity (Wildman–Crippen MR) is 132 cm³/mol. The van der Waals surface area contributed by atoms with Crippen LogP contribution in [0, 0.1) is 34.5 Å². The maximum absolute atomic E-state index is 11.7. The summed E-state index contributed by atoms with van der Waals surface area (Å²) < 4.78 is 6.90. The van der Waals surface area contributed by atoms with E-state index in [1.54, 1.807) is 6.92 Å². The van der Waals surface area contributed by atoms with Gasteiger partial charge in [-0.3, -0.25) is 10.2 Å². The van der Waals surface area contributed by atoms with Crippen molar-refractivity contribution in [2.75, 3.05) is 5.43 Å². The summed E-state index contributed by atoms with van der Waals surface area (Å²) in [4.78, 5) is 11.7. The third-order valence-electron chi connectivity index (χ3n) is 9.91. The molecule has 0 spiro atoms. The summed E-state index contributed by atoms with van der Waals surface area (Å²) in [6, 6.07) is 8.23. The fourth-order valence-electron chi connectivity index (χ4n) is 8.18. The minimum absolute atomic E-state index is 0.106. The summed E-state index contributed by atoms with van der Waals surface area (Å²) in [5, 5.41) is 4.81. The molecule has 1 N–H and O–H groups in total. The smallest absolute Gasteiger partial charge is 0.302 e. The van der Waals surface area contributed by atoms with Crippen LogP contribution in [0.5, 0.6) is 0 Å². The van der Waals surface area contributed by atoms with Crippen molar-refractivity contribution >= 4 is 33.3 Å². The van der Waals surface area contributed by atoms with Crippen LogP contribution >= 0.6 is 15.9 Å². The second-order valence-corrected chi connectivity index (χ2v) is 12.3. The van der Waals surface area contributed by atoms with Crippen molar-refractivity contribution in [3.8, 4) is 0 Å². The molecule has 0 saturated heterocycles. The molecule has 0 aromatic heterocycles. The van der Waals surface area contributed by atoms with E-state index in [1.165, 1.54) is 44.2 Å². The summed E-state index contributed by atoms with van der Waals surface area (Å²) in [7, 11) is 0. The van der Waals surface area contributed by atoms with Crippen LogP contribution in [-0.2, 0) is 9.53 Å². The Balaban J connectivity index is 1.28. The zero-order valence-electron chi connectivity index (χ0n) is 19.7. The Labute approximate surface area is 201 Å². The number of benzene rings is 1. The minimum Gasteiger partial charge on any atom is -0.462 e. The number of halogens is 1. The predicted octanol–water partition coefficient (Wildman–Crippen LogP) is 7.19. The molecule has 0 aliphatic heterocycles. The van der Waals surface area contributed by atoms with Gasteiger partial charge in [0, 0.05) is 22.5 Å². The normalized spacial score (nSPS) is 42.0. The largest absolute Gasteiger partial charge is 0.462 e. The number of nitrogens with zero attached hydrogens (tertiary/aromatic N) is 1. The van der Waals surface area contributed by atoms with E-state index in [-0.39, 0.29) is 17.5 Å². The maximum Gasteiger partial charge on any atom is 0.302 e. The van der Waals surface area contributed by atoms with Gasteiger partial charge in [0.15, 0.2) is 0 Å². The van der Waals surface area contributed by atoms with Gasteiger partial charge in [-0.25, -0.2) is 0 Å². The summed E-state index contributed by atoms with van der Waals surface area (Å²) in [6.07, 6.45) is 11.1. The number of hydrogen-bond acceptors (Lipinski definition) is 4. The SMILES string of the molecule is CC(=O)OC1CCC2C3CCC4C/C(=N/Nc5ccc(Br)cc5)CCC4(C)C3CCC12C. The van der Waals surface area contributed by atoms with Crippen molar-refractivity contribution in [3.05, 3.63) is 28.7 Å². The average molecular weight is 502 g/mol. The highest BCUT2D eigenvalue weighted by atomic mass is 79.9. The summed E-state index contributed by atoms with van der Waals surface area (Å²) in [5.41, 5.74) is 6.29. The van der Waals surface area contributed by atoms with Gasteiger partial charge in [-0.1, -0.05) is 29.8 Å². The van der Waals surface area contributed by atoms with Gasteiger partial charge < -0.3 is 4.74 Å². The molecular weight excluding hydrogens is 464 g/mol. The molecule has 0 bridgehead atoms. The van der Waals surface area contributed by atoms with Crippen molar-refractivity contribution in [2.45, 2.75) is 84.7 Å². The molecule has 0 amide bonds. The molecule has 5 heteroatoms. The number of nitrogens with one attached hydrogen (secondary N) is 1. The highest BCUT2D eigenvalue weighted by molar-refractivity contribution is 9.10. The van der Waals surface area contributed by atoms with Crippen molar-refractivity contribution in [2.24, 2.45) is 39.6 Å². The minimum atomic E-state index is -0.106. The quantitative estimate of drug-likeness (QED) is 0.352. The van der Waals surface area contributed by atoms with Gasteiger partial charge in [0.1, 0.15) is 6.10 Å². The number of esters is 1. The van der Waals surface area contributed by atoms with Crippen molar-refractivity contribution < 1.29 is 9.53 Å². The van der Waals surface area contributed by atoms with Crippen LogP contribution in [0.4, 0.5) is 5.69 Å². The van der Waals surface area contributed by atoms with Crippen LogP contribution < -0.4 is 5.43 Å². The van der Waals surface area contributed by atoms with E-state index in [9.17, 15) is 4.79 Å². The number of carbonyl (C=O) groups excluding carboxylic acids is 1. The first-order valence-corrected chi connectivity index (χ1v) is 13.3. The molecule has 0 heterocycles. The van der Waals surface area contributed by atoms with Gasteiger partial charge >= 0.3 is 5.97 Å².